The number of aromatic nitrogens is 2. The Morgan fingerprint density at radius 2 is 1.69 bits per heavy atom. The topological polar surface area (TPSA) is 144 Å². The lowest BCUT2D eigenvalue weighted by Crippen LogP contribution is -2.21. The second kappa shape index (κ2) is 12.2. The van der Waals surface area contributed by atoms with Crippen LogP contribution in [-0.2, 0) is 9.53 Å². The van der Waals surface area contributed by atoms with Crippen molar-refractivity contribution in [3.8, 4) is 22.9 Å². The van der Waals surface area contributed by atoms with Crippen LogP contribution < -0.4 is 19.5 Å². The summed E-state index contributed by atoms with van der Waals surface area (Å²) in [5.41, 5.74) is 0.615. The number of nitro benzene ring substituents is 1. The van der Waals surface area contributed by atoms with E-state index in [9.17, 15) is 19.7 Å². The van der Waals surface area contributed by atoms with Crippen LogP contribution in [0.2, 0.25) is 0 Å². The van der Waals surface area contributed by atoms with Crippen LogP contribution in [0, 0.1) is 10.1 Å². The summed E-state index contributed by atoms with van der Waals surface area (Å²) in [5.74, 6) is -0.215. The number of ether oxygens (including phenoxy) is 4. The first-order chi connectivity index (χ1) is 17.4. The largest absolute Gasteiger partial charge is 0.494 e. The summed E-state index contributed by atoms with van der Waals surface area (Å²) in [5, 5.41) is 17.8. The molecule has 3 rings (SSSR count). The highest BCUT2D eigenvalue weighted by Gasteiger charge is 2.22. The molecule has 0 radical (unpaired) electrons. The standard InChI is InChI=1S/C24H26N4O8/c1-4-33-18-11-12-20(34-5-2)19(13-18)25-22(29)15-36-21-14-27(26-23(21)24(30)35-6-3)16-7-9-17(10-8-16)28(31)32/h7-14H,4-6,15H2,1-3H3,(H,25,29). The predicted octanol–water partition coefficient (Wildman–Crippen LogP) is 3.77. The van der Waals surface area contributed by atoms with Crippen molar-refractivity contribution < 1.29 is 33.5 Å². The second-order valence-corrected chi connectivity index (χ2v) is 7.14. The number of carbonyl (C=O) groups excluding carboxylic acids is 2. The van der Waals surface area contributed by atoms with E-state index in [0.717, 1.165) is 0 Å². The van der Waals surface area contributed by atoms with Crippen molar-refractivity contribution in [2.24, 2.45) is 0 Å². The molecule has 2 aromatic carbocycles. The zero-order valence-electron chi connectivity index (χ0n) is 20.1. The van der Waals surface area contributed by atoms with Gasteiger partial charge in [0.2, 0.25) is 5.69 Å². The average Bonchev–Trinajstić information content (AvgIpc) is 3.29. The average molecular weight is 498 g/mol. The molecule has 0 spiro atoms. The van der Waals surface area contributed by atoms with E-state index in [2.05, 4.69) is 10.4 Å². The van der Waals surface area contributed by atoms with Gasteiger partial charge in [0.1, 0.15) is 11.5 Å². The summed E-state index contributed by atoms with van der Waals surface area (Å²) in [6.07, 6.45) is 1.39. The number of hydrogen-bond acceptors (Lipinski definition) is 9. The first-order valence-electron chi connectivity index (χ1n) is 11.2. The van der Waals surface area contributed by atoms with Crippen LogP contribution in [0.1, 0.15) is 31.3 Å². The van der Waals surface area contributed by atoms with Crippen molar-refractivity contribution in [3.63, 3.8) is 0 Å². The van der Waals surface area contributed by atoms with Crippen molar-refractivity contribution in [1.82, 2.24) is 9.78 Å². The van der Waals surface area contributed by atoms with Crippen LogP contribution in [0.25, 0.3) is 5.69 Å². The number of anilines is 1. The lowest BCUT2D eigenvalue weighted by Gasteiger charge is -2.13. The zero-order valence-corrected chi connectivity index (χ0v) is 20.1. The highest BCUT2D eigenvalue weighted by atomic mass is 16.6. The summed E-state index contributed by atoms with van der Waals surface area (Å²) in [4.78, 5) is 35.4. The Kier molecular flexibility index (Phi) is 8.81. The van der Waals surface area contributed by atoms with Gasteiger partial charge in [0, 0.05) is 18.2 Å². The van der Waals surface area contributed by atoms with E-state index in [-0.39, 0.29) is 23.7 Å². The molecule has 0 aliphatic heterocycles. The van der Waals surface area contributed by atoms with Crippen molar-refractivity contribution in [3.05, 3.63) is 64.5 Å². The number of nitrogens with one attached hydrogen (secondary N) is 1. The van der Waals surface area contributed by atoms with Gasteiger partial charge in [0.05, 0.1) is 42.3 Å². The Labute approximate surface area is 206 Å². The van der Waals surface area contributed by atoms with E-state index in [1.807, 2.05) is 13.8 Å². The molecule has 0 atom stereocenters. The fraction of sp³-hybridized carbons (Fsp3) is 0.292. The molecule has 0 fully saturated rings. The van der Waals surface area contributed by atoms with Crippen molar-refractivity contribution in [2.75, 3.05) is 31.7 Å². The molecule has 12 nitrogen and oxygen atoms in total. The Hall–Kier alpha value is -4.61. The normalized spacial score (nSPS) is 10.4. The van der Waals surface area contributed by atoms with Crippen molar-refractivity contribution in [1.29, 1.82) is 0 Å². The summed E-state index contributed by atoms with van der Waals surface area (Å²) in [6.45, 7) is 5.84. The van der Waals surface area contributed by atoms with Gasteiger partial charge in [0.25, 0.3) is 11.6 Å². The molecule has 36 heavy (non-hydrogen) atoms. The van der Waals surface area contributed by atoms with Gasteiger partial charge in [-0.2, -0.15) is 5.10 Å². The highest BCUT2D eigenvalue weighted by Crippen LogP contribution is 2.29. The molecule has 1 heterocycles. The third-order valence-corrected chi connectivity index (χ3v) is 4.67. The van der Waals surface area contributed by atoms with E-state index in [1.165, 1.54) is 35.1 Å². The summed E-state index contributed by atoms with van der Waals surface area (Å²) < 4.78 is 23.0. The Morgan fingerprint density at radius 3 is 2.33 bits per heavy atom. The second-order valence-electron chi connectivity index (χ2n) is 7.14. The molecule has 0 saturated heterocycles. The van der Waals surface area contributed by atoms with Crippen molar-refractivity contribution >= 4 is 23.3 Å². The number of hydrogen-bond donors (Lipinski definition) is 1. The van der Waals surface area contributed by atoms with Crippen LogP contribution in [0.3, 0.4) is 0 Å². The molecule has 0 unspecified atom stereocenters. The van der Waals surface area contributed by atoms with E-state index in [4.69, 9.17) is 18.9 Å². The molecular weight excluding hydrogens is 472 g/mol. The minimum absolute atomic E-state index is 0.00931. The monoisotopic (exact) mass is 498 g/mol. The molecule has 0 aliphatic carbocycles. The quantitative estimate of drug-likeness (QED) is 0.224. The number of nitro groups is 1. The minimum atomic E-state index is -0.739. The van der Waals surface area contributed by atoms with Crippen LogP contribution >= 0.6 is 0 Å². The first-order valence-corrected chi connectivity index (χ1v) is 11.2. The smallest absolute Gasteiger partial charge is 0.362 e. The van der Waals surface area contributed by atoms with Crippen LogP contribution in [0.15, 0.2) is 48.7 Å². The van der Waals surface area contributed by atoms with Gasteiger partial charge in [-0.15, -0.1) is 0 Å². The minimum Gasteiger partial charge on any atom is -0.494 e. The van der Waals surface area contributed by atoms with Gasteiger partial charge in [-0.1, -0.05) is 0 Å². The number of benzene rings is 2. The summed E-state index contributed by atoms with van der Waals surface area (Å²) >= 11 is 0. The van der Waals surface area contributed by atoms with Gasteiger partial charge in [-0.25, -0.2) is 9.48 Å². The number of esters is 1. The lowest BCUT2D eigenvalue weighted by atomic mass is 10.2. The van der Waals surface area contributed by atoms with Crippen LogP contribution in [0.5, 0.6) is 17.2 Å². The van der Waals surface area contributed by atoms with E-state index < -0.39 is 23.4 Å². The molecule has 12 heteroatoms. The fourth-order valence-electron chi connectivity index (χ4n) is 3.14. The molecule has 0 saturated carbocycles. The lowest BCUT2D eigenvalue weighted by molar-refractivity contribution is -0.384. The molecule has 1 aromatic heterocycles. The molecule has 1 amide bonds. The van der Waals surface area contributed by atoms with Gasteiger partial charge >= 0.3 is 5.97 Å². The van der Waals surface area contributed by atoms with Gasteiger partial charge in [0.15, 0.2) is 12.4 Å². The molecule has 0 bridgehead atoms. The SMILES string of the molecule is CCOC(=O)c1nn(-c2ccc([N+](=O)[O-])cc2)cc1OCC(=O)Nc1cc(OCC)ccc1OCC. The first kappa shape index (κ1) is 26.0. The van der Waals surface area contributed by atoms with Crippen LogP contribution in [-0.4, -0.2) is 53.0 Å². The Balaban J connectivity index is 1.79. The fourth-order valence-corrected chi connectivity index (χ4v) is 3.14. The van der Waals surface area contributed by atoms with Crippen molar-refractivity contribution in [2.45, 2.75) is 20.8 Å². The number of nitrogens with zero attached hydrogens (tertiary/aromatic N) is 3. The summed E-state index contributed by atoms with van der Waals surface area (Å²) in [6, 6.07) is 10.6. The third kappa shape index (κ3) is 6.50. The predicted molar refractivity (Wildman–Crippen MR) is 129 cm³/mol. The zero-order chi connectivity index (χ0) is 26.1. The van der Waals surface area contributed by atoms with E-state index in [1.54, 1.807) is 25.1 Å². The maximum absolute atomic E-state index is 12.7. The molecular formula is C24H26N4O8. The Morgan fingerprint density at radius 1 is 0.972 bits per heavy atom. The molecule has 190 valence electrons. The van der Waals surface area contributed by atoms with E-state index in [0.29, 0.717) is 36.1 Å². The highest BCUT2D eigenvalue weighted by molar-refractivity contribution is 5.94. The maximum Gasteiger partial charge on any atom is 0.362 e. The maximum atomic E-state index is 12.7. The number of carbonyl (C=O) groups is 2. The number of rotatable bonds is 12. The van der Waals surface area contributed by atoms with Gasteiger partial charge in [-0.3, -0.25) is 14.9 Å². The summed E-state index contributed by atoms with van der Waals surface area (Å²) in [7, 11) is 0. The van der Waals surface area contributed by atoms with Gasteiger partial charge in [-0.05, 0) is 45.0 Å². The van der Waals surface area contributed by atoms with Crippen LogP contribution in [0.4, 0.5) is 11.4 Å². The number of non-ortho nitro benzene ring substituents is 1. The van der Waals surface area contributed by atoms with E-state index >= 15 is 0 Å². The molecule has 3 aromatic rings. The molecule has 1 N–H and O–H groups in total. The van der Waals surface area contributed by atoms with Gasteiger partial charge < -0.3 is 24.3 Å². The number of amides is 1. The Bertz CT molecular complexity index is 1220. The third-order valence-electron chi connectivity index (χ3n) is 4.67. The molecule has 0 aliphatic rings.